The van der Waals surface area contributed by atoms with Gasteiger partial charge in [-0.15, -0.1) is 0 Å². The highest BCUT2D eigenvalue weighted by molar-refractivity contribution is 6.77. The van der Waals surface area contributed by atoms with Crippen LogP contribution in [0.4, 0.5) is 5.69 Å². The van der Waals surface area contributed by atoms with E-state index in [-0.39, 0.29) is 18.1 Å². The minimum atomic E-state index is -2.17. The summed E-state index contributed by atoms with van der Waals surface area (Å²) in [7, 11) is -0.508. The number of nitrogens with zero attached hydrogens (tertiary/aromatic N) is 1. The summed E-state index contributed by atoms with van der Waals surface area (Å²) in [4.78, 5) is 15.4. The highest BCUT2D eigenvalue weighted by Gasteiger charge is 2.55. The second-order valence-corrected chi connectivity index (χ2v) is 15.3. The lowest BCUT2D eigenvalue weighted by Gasteiger charge is -2.53. The Morgan fingerprint density at radius 2 is 1.44 bits per heavy atom. The molecule has 1 heterocycles. The topological polar surface area (TPSA) is 38.8 Å². The number of rotatable bonds is 10. The maximum Gasteiger partial charge on any atom is 0.257 e. The Labute approximate surface area is 195 Å². The summed E-state index contributed by atoms with van der Waals surface area (Å²) in [6.45, 7) is 13.6. The van der Waals surface area contributed by atoms with Crippen LogP contribution in [0, 0.1) is 0 Å². The molecule has 4 nitrogen and oxygen atoms in total. The van der Waals surface area contributed by atoms with Crippen molar-refractivity contribution in [2.75, 3.05) is 12.0 Å². The molecule has 174 valence electrons. The molecule has 0 aromatic heterocycles. The van der Waals surface area contributed by atoms with Gasteiger partial charge in [0.15, 0.2) is 0 Å². The standard InChI is InChI=1S/C27H39NO3Si/c1-19(2)32(20(3)4,21(5)6)31-26-25(18-13-22-11-9-8-10-12-22)28(27(26)29)23-14-16-24(30-7)17-15-23/h8-12,14-17,19-21,25-26H,13,18H2,1-7H3/t25?,26-/m0/s1. The Morgan fingerprint density at radius 1 is 0.875 bits per heavy atom. The maximum atomic E-state index is 13.5. The number of hydrogen-bond acceptors (Lipinski definition) is 3. The normalized spacial score (nSPS) is 19.1. The highest BCUT2D eigenvalue weighted by atomic mass is 28.4. The molecule has 5 heteroatoms. The van der Waals surface area contributed by atoms with E-state index in [1.54, 1.807) is 7.11 Å². The molecule has 32 heavy (non-hydrogen) atoms. The van der Waals surface area contributed by atoms with Gasteiger partial charge in [0, 0.05) is 5.69 Å². The van der Waals surface area contributed by atoms with Crippen molar-refractivity contribution < 1.29 is 14.0 Å². The Hall–Kier alpha value is -2.11. The summed E-state index contributed by atoms with van der Waals surface area (Å²) >= 11 is 0. The van der Waals surface area contributed by atoms with Gasteiger partial charge in [0.2, 0.25) is 8.32 Å². The van der Waals surface area contributed by atoms with E-state index in [1.807, 2.05) is 35.2 Å². The number of ether oxygens (including phenoxy) is 1. The Balaban J connectivity index is 1.89. The van der Waals surface area contributed by atoms with Crippen LogP contribution in [0.3, 0.4) is 0 Å². The molecule has 2 atom stereocenters. The lowest BCUT2D eigenvalue weighted by molar-refractivity contribution is -0.135. The predicted molar refractivity (Wildman–Crippen MR) is 135 cm³/mol. The van der Waals surface area contributed by atoms with Gasteiger partial charge in [0.05, 0.1) is 13.2 Å². The zero-order valence-electron chi connectivity index (χ0n) is 20.7. The highest BCUT2D eigenvalue weighted by Crippen LogP contribution is 2.46. The number of aryl methyl sites for hydroxylation is 1. The number of carbonyl (C=O) groups is 1. The first-order valence-electron chi connectivity index (χ1n) is 11.9. The number of methoxy groups -OCH3 is 1. The fourth-order valence-corrected chi connectivity index (χ4v) is 11.1. The zero-order valence-corrected chi connectivity index (χ0v) is 21.7. The van der Waals surface area contributed by atoms with Crippen molar-refractivity contribution in [1.29, 1.82) is 0 Å². The fraction of sp³-hybridized carbons (Fsp3) is 0.519. The molecule has 0 N–H and O–H groups in total. The summed E-state index contributed by atoms with van der Waals surface area (Å²) < 4.78 is 12.3. The van der Waals surface area contributed by atoms with Crippen molar-refractivity contribution in [2.45, 2.75) is 83.2 Å². The molecule has 1 unspecified atom stereocenters. The summed E-state index contributed by atoms with van der Waals surface area (Å²) in [5.41, 5.74) is 3.54. The van der Waals surface area contributed by atoms with E-state index in [0.717, 1.165) is 24.3 Å². The van der Waals surface area contributed by atoms with Crippen LogP contribution < -0.4 is 9.64 Å². The van der Waals surface area contributed by atoms with Gasteiger partial charge in [-0.3, -0.25) is 4.79 Å². The van der Waals surface area contributed by atoms with Crippen LogP contribution in [0.2, 0.25) is 16.6 Å². The monoisotopic (exact) mass is 453 g/mol. The average molecular weight is 454 g/mol. The molecule has 1 amide bonds. The molecule has 1 saturated heterocycles. The van der Waals surface area contributed by atoms with E-state index in [4.69, 9.17) is 9.16 Å². The van der Waals surface area contributed by atoms with Crippen LogP contribution in [-0.2, 0) is 15.6 Å². The van der Waals surface area contributed by atoms with Crippen molar-refractivity contribution in [2.24, 2.45) is 0 Å². The molecule has 2 aromatic carbocycles. The van der Waals surface area contributed by atoms with Gasteiger partial charge in [-0.1, -0.05) is 71.9 Å². The van der Waals surface area contributed by atoms with E-state index in [0.29, 0.717) is 16.6 Å². The van der Waals surface area contributed by atoms with Crippen molar-refractivity contribution >= 4 is 19.9 Å². The van der Waals surface area contributed by atoms with E-state index < -0.39 is 8.32 Å². The van der Waals surface area contributed by atoms with Crippen molar-refractivity contribution in [3.8, 4) is 5.75 Å². The van der Waals surface area contributed by atoms with Crippen LogP contribution in [0.15, 0.2) is 54.6 Å². The smallest absolute Gasteiger partial charge is 0.257 e. The number of carbonyl (C=O) groups excluding carboxylic acids is 1. The molecule has 0 bridgehead atoms. The molecule has 1 fully saturated rings. The third-order valence-corrected chi connectivity index (χ3v) is 13.2. The van der Waals surface area contributed by atoms with Crippen LogP contribution in [-0.4, -0.2) is 33.5 Å². The third kappa shape index (κ3) is 4.64. The molecular weight excluding hydrogens is 414 g/mol. The number of benzene rings is 2. The second kappa shape index (κ2) is 10.2. The minimum absolute atomic E-state index is 0.0410. The second-order valence-electron chi connectivity index (χ2n) is 9.85. The first-order valence-corrected chi connectivity index (χ1v) is 14.0. The molecule has 0 spiro atoms. The number of β-lactam (4-membered cyclic amide) rings is 1. The Kier molecular flexibility index (Phi) is 7.83. The van der Waals surface area contributed by atoms with Crippen molar-refractivity contribution in [1.82, 2.24) is 0 Å². The molecule has 3 rings (SSSR count). The van der Waals surface area contributed by atoms with Gasteiger partial charge in [-0.2, -0.15) is 0 Å². The van der Waals surface area contributed by atoms with Gasteiger partial charge >= 0.3 is 0 Å². The minimum Gasteiger partial charge on any atom is -0.497 e. The van der Waals surface area contributed by atoms with Crippen LogP contribution in [0.1, 0.15) is 53.5 Å². The first kappa shape index (κ1) is 24.5. The van der Waals surface area contributed by atoms with E-state index >= 15 is 0 Å². The zero-order chi connectivity index (χ0) is 23.5. The van der Waals surface area contributed by atoms with Crippen molar-refractivity contribution in [3.63, 3.8) is 0 Å². The molecule has 1 aliphatic heterocycles. The predicted octanol–water partition coefficient (Wildman–Crippen LogP) is 6.60. The molecule has 2 aromatic rings. The Bertz CT molecular complexity index is 858. The molecule has 1 aliphatic rings. The van der Waals surface area contributed by atoms with Gasteiger partial charge in [-0.05, 0) is 59.3 Å². The maximum absolute atomic E-state index is 13.5. The average Bonchev–Trinajstić information content (AvgIpc) is 2.77. The molecule has 0 aliphatic carbocycles. The largest absolute Gasteiger partial charge is 0.497 e. The summed E-state index contributed by atoms with van der Waals surface area (Å²) in [6.07, 6.45) is 1.44. The molecular formula is C27H39NO3Si. The summed E-state index contributed by atoms with van der Waals surface area (Å²) in [5.74, 6) is 0.883. The number of anilines is 1. The van der Waals surface area contributed by atoms with Gasteiger partial charge < -0.3 is 14.1 Å². The number of hydrogen-bond donors (Lipinski definition) is 0. The summed E-state index contributed by atoms with van der Waals surface area (Å²) in [5, 5.41) is 0. The molecule has 0 radical (unpaired) electrons. The quantitative estimate of drug-likeness (QED) is 0.300. The Morgan fingerprint density at radius 3 is 1.94 bits per heavy atom. The first-order chi connectivity index (χ1) is 15.2. The van der Waals surface area contributed by atoms with Gasteiger partial charge in [0.1, 0.15) is 11.9 Å². The van der Waals surface area contributed by atoms with Gasteiger partial charge in [-0.25, -0.2) is 0 Å². The lowest BCUT2D eigenvalue weighted by atomic mass is 9.91. The van der Waals surface area contributed by atoms with E-state index in [2.05, 4.69) is 65.8 Å². The SMILES string of the molecule is COc1ccc(N2C(=O)[C@@H](O[Si](C(C)C)(C(C)C)C(C)C)C2CCc2ccccc2)cc1. The third-order valence-electron chi connectivity index (χ3n) is 7.12. The van der Waals surface area contributed by atoms with Crippen LogP contribution in [0.25, 0.3) is 0 Å². The van der Waals surface area contributed by atoms with Crippen LogP contribution >= 0.6 is 0 Å². The lowest BCUT2D eigenvalue weighted by Crippen LogP contribution is -2.69. The fourth-order valence-electron chi connectivity index (χ4n) is 5.58. The summed E-state index contributed by atoms with van der Waals surface area (Å²) in [6, 6.07) is 18.3. The van der Waals surface area contributed by atoms with Crippen molar-refractivity contribution in [3.05, 3.63) is 60.2 Å². The van der Waals surface area contributed by atoms with Gasteiger partial charge in [0.25, 0.3) is 5.91 Å². The van der Waals surface area contributed by atoms with Crippen LogP contribution in [0.5, 0.6) is 5.75 Å². The number of amides is 1. The van der Waals surface area contributed by atoms with E-state index in [9.17, 15) is 4.79 Å². The molecule has 0 saturated carbocycles. The van der Waals surface area contributed by atoms with E-state index in [1.165, 1.54) is 5.56 Å².